The van der Waals surface area contributed by atoms with Crippen LogP contribution in [0.1, 0.15) is 26.2 Å². The van der Waals surface area contributed by atoms with E-state index in [1.54, 1.807) is 0 Å². The average Bonchev–Trinajstić information content (AvgIpc) is 2.50. The molecule has 0 aromatic heterocycles. The van der Waals surface area contributed by atoms with Crippen molar-refractivity contribution in [1.82, 2.24) is 0 Å². The van der Waals surface area contributed by atoms with Crippen LogP contribution in [-0.4, -0.2) is 12.1 Å². The molecule has 8 heavy (non-hydrogen) atoms. The zero-order valence-corrected chi connectivity index (χ0v) is 5.02. The number of carbonyl (C=O) groups excluding carboxylic acids is 1. The van der Waals surface area contributed by atoms with E-state index in [-0.39, 0.29) is 5.60 Å². The smallest absolute Gasteiger partial charge is 0.293 e. The van der Waals surface area contributed by atoms with Gasteiger partial charge in [-0.25, -0.2) is 0 Å². The lowest BCUT2D eigenvalue weighted by atomic mass is 10.3. The molecule has 0 spiro atoms. The maximum atomic E-state index is 9.80. The van der Waals surface area contributed by atoms with Crippen LogP contribution < -0.4 is 0 Å². The third-order valence-corrected chi connectivity index (χ3v) is 1.75. The summed E-state index contributed by atoms with van der Waals surface area (Å²) in [5, 5.41) is 0. The average molecular weight is 114 g/mol. The second-order valence-corrected chi connectivity index (χ2v) is 2.25. The van der Waals surface area contributed by atoms with E-state index < -0.39 is 0 Å². The van der Waals surface area contributed by atoms with Crippen molar-refractivity contribution >= 4 is 6.47 Å². The number of hydrogen-bond donors (Lipinski definition) is 0. The molecule has 46 valence electrons. The minimum absolute atomic E-state index is 0.0260. The fraction of sp³-hybridized carbons (Fsp3) is 0.833. The zero-order chi connectivity index (χ0) is 6.04. The molecule has 1 saturated carbocycles. The molecule has 0 aromatic rings. The molecule has 1 rings (SSSR count). The molecule has 1 aliphatic carbocycles. The summed E-state index contributed by atoms with van der Waals surface area (Å²) in [5.74, 6) is 0. The minimum atomic E-state index is -0.0260. The molecule has 1 aliphatic rings. The molecule has 1 fully saturated rings. The van der Waals surface area contributed by atoms with Crippen LogP contribution in [0.15, 0.2) is 0 Å². The Hall–Kier alpha value is -0.530. The van der Waals surface area contributed by atoms with E-state index >= 15 is 0 Å². The molecular weight excluding hydrogens is 104 g/mol. The van der Waals surface area contributed by atoms with Gasteiger partial charge in [-0.05, 0) is 19.3 Å². The molecule has 0 N–H and O–H groups in total. The molecule has 2 nitrogen and oxygen atoms in total. The first-order valence-corrected chi connectivity index (χ1v) is 2.94. The van der Waals surface area contributed by atoms with Crippen LogP contribution in [0.25, 0.3) is 0 Å². The molecule has 0 saturated heterocycles. The first kappa shape index (κ1) is 5.60. The van der Waals surface area contributed by atoms with Crippen molar-refractivity contribution in [1.29, 1.82) is 0 Å². The van der Waals surface area contributed by atoms with Crippen molar-refractivity contribution in [3.05, 3.63) is 0 Å². The topological polar surface area (TPSA) is 26.3 Å². The molecular formula is C6H10O2. The Morgan fingerprint density at radius 3 is 2.50 bits per heavy atom. The van der Waals surface area contributed by atoms with Gasteiger partial charge in [-0.2, -0.15) is 0 Å². The predicted octanol–water partition coefficient (Wildman–Crippen LogP) is 1.10. The van der Waals surface area contributed by atoms with Crippen molar-refractivity contribution in [2.75, 3.05) is 0 Å². The van der Waals surface area contributed by atoms with Crippen LogP contribution in [0.2, 0.25) is 0 Å². The minimum Gasteiger partial charge on any atom is -0.461 e. The van der Waals surface area contributed by atoms with Gasteiger partial charge in [-0.1, -0.05) is 6.92 Å². The van der Waals surface area contributed by atoms with E-state index in [0.717, 1.165) is 19.3 Å². The second-order valence-electron chi connectivity index (χ2n) is 2.25. The highest BCUT2D eigenvalue weighted by molar-refractivity contribution is 5.39. The van der Waals surface area contributed by atoms with Crippen LogP contribution >= 0.6 is 0 Å². The predicted molar refractivity (Wildman–Crippen MR) is 29.4 cm³/mol. The van der Waals surface area contributed by atoms with E-state index in [9.17, 15) is 4.79 Å². The highest BCUT2D eigenvalue weighted by Crippen LogP contribution is 2.41. The quantitative estimate of drug-likeness (QED) is 0.513. The summed E-state index contributed by atoms with van der Waals surface area (Å²) in [6, 6.07) is 0. The fourth-order valence-electron chi connectivity index (χ4n) is 0.796. The monoisotopic (exact) mass is 114 g/mol. The Kier molecular flexibility index (Phi) is 1.24. The van der Waals surface area contributed by atoms with Gasteiger partial charge in [-0.15, -0.1) is 0 Å². The van der Waals surface area contributed by atoms with Gasteiger partial charge in [0.2, 0.25) is 0 Å². The van der Waals surface area contributed by atoms with Gasteiger partial charge < -0.3 is 4.74 Å². The van der Waals surface area contributed by atoms with Crippen LogP contribution in [0.5, 0.6) is 0 Å². The van der Waals surface area contributed by atoms with Crippen LogP contribution in [0.4, 0.5) is 0 Å². The molecule has 0 bridgehead atoms. The van der Waals surface area contributed by atoms with Crippen molar-refractivity contribution in [3.8, 4) is 0 Å². The molecule has 0 aromatic carbocycles. The molecule has 0 heterocycles. The van der Waals surface area contributed by atoms with E-state index in [4.69, 9.17) is 4.74 Å². The van der Waals surface area contributed by atoms with Gasteiger partial charge in [0.1, 0.15) is 5.60 Å². The van der Waals surface area contributed by atoms with Crippen LogP contribution in [0, 0.1) is 0 Å². The Morgan fingerprint density at radius 1 is 1.75 bits per heavy atom. The zero-order valence-electron chi connectivity index (χ0n) is 5.02. The summed E-state index contributed by atoms with van der Waals surface area (Å²) < 4.78 is 4.81. The van der Waals surface area contributed by atoms with Crippen molar-refractivity contribution in [3.63, 3.8) is 0 Å². The molecule has 0 aliphatic heterocycles. The van der Waals surface area contributed by atoms with Crippen molar-refractivity contribution in [2.45, 2.75) is 31.8 Å². The maximum Gasteiger partial charge on any atom is 0.293 e. The molecule has 0 unspecified atom stereocenters. The summed E-state index contributed by atoms with van der Waals surface area (Å²) in [5.41, 5.74) is -0.0260. The van der Waals surface area contributed by atoms with Gasteiger partial charge in [0.25, 0.3) is 6.47 Å². The van der Waals surface area contributed by atoms with Gasteiger partial charge in [0.15, 0.2) is 0 Å². The number of hydrogen-bond acceptors (Lipinski definition) is 2. The number of ether oxygens (including phenoxy) is 1. The summed E-state index contributed by atoms with van der Waals surface area (Å²) >= 11 is 0. The third kappa shape index (κ3) is 0.831. The van der Waals surface area contributed by atoms with Crippen LogP contribution in [-0.2, 0) is 9.53 Å². The van der Waals surface area contributed by atoms with Gasteiger partial charge >= 0.3 is 0 Å². The van der Waals surface area contributed by atoms with E-state index in [2.05, 4.69) is 0 Å². The van der Waals surface area contributed by atoms with Crippen molar-refractivity contribution in [2.24, 2.45) is 0 Å². The van der Waals surface area contributed by atoms with Crippen LogP contribution in [0.3, 0.4) is 0 Å². The summed E-state index contributed by atoms with van der Waals surface area (Å²) in [6.07, 6.45) is 3.08. The number of rotatable bonds is 3. The first-order chi connectivity index (χ1) is 3.83. The fourth-order valence-corrected chi connectivity index (χ4v) is 0.796. The first-order valence-electron chi connectivity index (χ1n) is 2.94. The number of carbonyl (C=O) groups is 1. The van der Waals surface area contributed by atoms with Gasteiger partial charge in [0.05, 0.1) is 0 Å². The van der Waals surface area contributed by atoms with Crippen molar-refractivity contribution < 1.29 is 9.53 Å². The summed E-state index contributed by atoms with van der Waals surface area (Å²) in [6.45, 7) is 2.59. The normalized spacial score (nSPS) is 22.1. The largest absolute Gasteiger partial charge is 0.461 e. The standard InChI is InChI=1S/C6H10O2/c1-2-6(3-4-6)8-5-7/h5H,2-4H2,1H3. The van der Waals surface area contributed by atoms with E-state index in [1.807, 2.05) is 6.92 Å². The molecule has 0 radical (unpaired) electrons. The molecule has 0 amide bonds. The third-order valence-electron chi connectivity index (χ3n) is 1.75. The maximum absolute atomic E-state index is 9.80. The highest BCUT2D eigenvalue weighted by Gasteiger charge is 2.42. The summed E-state index contributed by atoms with van der Waals surface area (Å²) in [7, 11) is 0. The Labute approximate surface area is 48.8 Å². The highest BCUT2D eigenvalue weighted by atomic mass is 16.5. The SMILES string of the molecule is CCC1(OC=O)CC1. The van der Waals surface area contributed by atoms with Gasteiger partial charge in [-0.3, -0.25) is 4.79 Å². The van der Waals surface area contributed by atoms with E-state index in [0.29, 0.717) is 6.47 Å². The van der Waals surface area contributed by atoms with Gasteiger partial charge in [0, 0.05) is 0 Å². The molecule has 2 heteroatoms. The second kappa shape index (κ2) is 1.77. The Bertz CT molecular complexity index is 94.7. The summed E-state index contributed by atoms with van der Waals surface area (Å²) in [4.78, 5) is 9.80. The lowest BCUT2D eigenvalue weighted by Gasteiger charge is -2.07. The van der Waals surface area contributed by atoms with E-state index in [1.165, 1.54) is 0 Å². The lowest BCUT2D eigenvalue weighted by Crippen LogP contribution is -2.10. The lowest BCUT2D eigenvalue weighted by molar-refractivity contribution is -0.135. The Morgan fingerprint density at radius 2 is 2.38 bits per heavy atom. The Balaban J connectivity index is 2.29. The molecule has 0 atom stereocenters.